The van der Waals surface area contributed by atoms with Crippen LogP contribution in [-0.2, 0) is 14.3 Å². The number of amides is 1. The molecular formula is C15H17NO4. The zero-order valence-corrected chi connectivity index (χ0v) is 11.3. The molecule has 20 heavy (non-hydrogen) atoms. The Morgan fingerprint density at radius 2 is 2.25 bits per heavy atom. The van der Waals surface area contributed by atoms with Gasteiger partial charge in [0.15, 0.2) is 0 Å². The Morgan fingerprint density at radius 1 is 1.45 bits per heavy atom. The summed E-state index contributed by atoms with van der Waals surface area (Å²) >= 11 is 0. The van der Waals surface area contributed by atoms with Gasteiger partial charge in [0.2, 0.25) is 0 Å². The first-order valence-electron chi connectivity index (χ1n) is 6.50. The second-order valence-corrected chi connectivity index (χ2v) is 4.74. The Morgan fingerprint density at radius 3 is 2.90 bits per heavy atom. The van der Waals surface area contributed by atoms with Gasteiger partial charge in [-0.25, -0.2) is 4.79 Å². The zero-order valence-electron chi connectivity index (χ0n) is 11.3. The van der Waals surface area contributed by atoms with Crippen LogP contribution in [-0.4, -0.2) is 29.7 Å². The van der Waals surface area contributed by atoms with E-state index < -0.39 is 5.97 Å². The number of carbonyl (C=O) groups is 2. The lowest BCUT2D eigenvalue weighted by molar-refractivity contribution is -0.131. The van der Waals surface area contributed by atoms with E-state index in [0.29, 0.717) is 12.3 Å². The number of ether oxygens (including phenoxy) is 1. The maximum atomic E-state index is 12.0. The molecule has 1 aromatic carbocycles. The molecule has 2 rings (SSSR count). The van der Waals surface area contributed by atoms with Crippen LogP contribution in [0.5, 0.6) is 0 Å². The molecule has 2 N–H and O–H groups in total. The summed E-state index contributed by atoms with van der Waals surface area (Å²) in [6, 6.07) is 5.39. The maximum absolute atomic E-state index is 12.0. The highest BCUT2D eigenvalue weighted by molar-refractivity contribution is 5.95. The molecule has 0 saturated carbocycles. The van der Waals surface area contributed by atoms with Crippen LogP contribution in [0.2, 0.25) is 0 Å². The van der Waals surface area contributed by atoms with Crippen LogP contribution in [0.3, 0.4) is 0 Å². The number of nitrogens with one attached hydrogen (secondary N) is 1. The Hall–Kier alpha value is -2.14. The van der Waals surface area contributed by atoms with Gasteiger partial charge in [0.1, 0.15) is 6.10 Å². The molecular weight excluding hydrogens is 258 g/mol. The van der Waals surface area contributed by atoms with Crippen LogP contribution in [0.15, 0.2) is 24.3 Å². The number of aryl methyl sites for hydroxylation is 1. The summed E-state index contributed by atoms with van der Waals surface area (Å²) in [6.07, 6.45) is 3.81. The van der Waals surface area contributed by atoms with E-state index in [2.05, 4.69) is 5.32 Å². The van der Waals surface area contributed by atoms with Crippen molar-refractivity contribution in [3.05, 3.63) is 35.4 Å². The quantitative estimate of drug-likeness (QED) is 0.826. The molecule has 0 aliphatic carbocycles. The minimum absolute atomic E-state index is 0.148. The first kappa shape index (κ1) is 14.3. The topological polar surface area (TPSA) is 75.6 Å². The molecule has 106 valence electrons. The van der Waals surface area contributed by atoms with Crippen LogP contribution in [0.1, 0.15) is 24.0 Å². The fourth-order valence-electron chi connectivity index (χ4n) is 2.04. The smallest absolute Gasteiger partial charge is 0.328 e. The van der Waals surface area contributed by atoms with Crippen molar-refractivity contribution in [3.63, 3.8) is 0 Å². The van der Waals surface area contributed by atoms with Crippen molar-refractivity contribution in [1.29, 1.82) is 0 Å². The average molecular weight is 275 g/mol. The fourth-order valence-corrected chi connectivity index (χ4v) is 2.04. The number of rotatable bonds is 4. The molecule has 0 spiro atoms. The van der Waals surface area contributed by atoms with Gasteiger partial charge < -0.3 is 15.2 Å². The Labute approximate surface area is 117 Å². The largest absolute Gasteiger partial charge is 0.478 e. The zero-order chi connectivity index (χ0) is 14.5. The van der Waals surface area contributed by atoms with E-state index in [1.807, 2.05) is 13.0 Å². The molecule has 1 fully saturated rings. The Bertz CT molecular complexity index is 545. The number of carboxylic acid groups (broad SMARTS) is 1. The lowest BCUT2D eigenvalue weighted by Gasteiger charge is -2.13. The molecule has 1 aliphatic heterocycles. The van der Waals surface area contributed by atoms with Gasteiger partial charge in [-0.05, 0) is 43.0 Å². The number of hydrogen-bond acceptors (Lipinski definition) is 3. The van der Waals surface area contributed by atoms with Gasteiger partial charge in [0.25, 0.3) is 5.91 Å². The lowest BCUT2D eigenvalue weighted by atomic mass is 10.1. The summed E-state index contributed by atoms with van der Waals surface area (Å²) in [6.45, 7) is 2.51. The molecule has 5 nitrogen and oxygen atoms in total. The minimum atomic E-state index is -1.00. The van der Waals surface area contributed by atoms with Gasteiger partial charge in [0, 0.05) is 18.4 Å². The third-order valence-corrected chi connectivity index (χ3v) is 3.16. The number of carboxylic acids is 1. The molecule has 1 saturated heterocycles. The summed E-state index contributed by atoms with van der Waals surface area (Å²) in [5, 5.41) is 11.4. The normalized spacial score (nSPS) is 18.4. The second-order valence-electron chi connectivity index (χ2n) is 4.74. The summed E-state index contributed by atoms with van der Waals surface area (Å²) in [7, 11) is 0. The molecule has 1 atom stereocenters. The van der Waals surface area contributed by atoms with Crippen LogP contribution in [0, 0.1) is 6.92 Å². The fraction of sp³-hybridized carbons (Fsp3) is 0.333. The monoisotopic (exact) mass is 275 g/mol. The van der Waals surface area contributed by atoms with Crippen molar-refractivity contribution < 1.29 is 19.4 Å². The molecule has 1 aromatic rings. The SMILES string of the molecule is Cc1ccc(C=CC(=O)O)cc1NC(=O)C1CCCO1. The van der Waals surface area contributed by atoms with Gasteiger partial charge in [-0.1, -0.05) is 12.1 Å². The highest BCUT2D eigenvalue weighted by Crippen LogP contribution is 2.20. The van der Waals surface area contributed by atoms with Crippen molar-refractivity contribution in [2.45, 2.75) is 25.9 Å². The van der Waals surface area contributed by atoms with Crippen molar-refractivity contribution in [3.8, 4) is 0 Å². The van der Waals surface area contributed by atoms with Crippen LogP contribution < -0.4 is 5.32 Å². The number of benzene rings is 1. The van der Waals surface area contributed by atoms with Crippen molar-refractivity contribution in [1.82, 2.24) is 0 Å². The Balaban J connectivity index is 2.11. The van der Waals surface area contributed by atoms with E-state index in [1.54, 1.807) is 12.1 Å². The van der Waals surface area contributed by atoms with E-state index >= 15 is 0 Å². The predicted octanol–water partition coefficient (Wildman–Crippen LogP) is 2.21. The van der Waals surface area contributed by atoms with E-state index in [0.717, 1.165) is 30.0 Å². The van der Waals surface area contributed by atoms with Gasteiger partial charge >= 0.3 is 5.97 Å². The van der Waals surface area contributed by atoms with E-state index in [-0.39, 0.29) is 12.0 Å². The van der Waals surface area contributed by atoms with Crippen LogP contribution >= 0.6 is 0 Å². The van der Waals surface area contributed by atoms with Gasteiger partial charge in [-0.15, -0.1) is 0 Å². The number of hydrogen-bond donors (Lipinski definition) is 2. The molecule has 5 heteroatoms. The second kappa shape index (κ2) is 6.34. The minimum Gasteiger partial charge on any atom is -0.478 e. The third-order valence-electron chi connectivity index (χ3n) is 3.16. The maximum Gasteiger partial charge on any atom is 0.328 e. The molecule has 0 bridgehead atoms. The van der Waals surface area contributed by atoms with Crippen molar-refractivity contribution in [2.75, 3.05) is 11.9 Å². The van der Waals surface area contributed by atoms with E-state index in [9.17, 15) is 9.59 Å². The number of carbonyl (C=O) groups excluding carboxylic acids is 1. The average Bonchev–Trinajstić information content (AvgIpc) is 2.93. The standard InChI is InChI=1S/C15H17NO4/c1-10-4-5-11(6-7-14(17)18)9-12(10)16-15(19)13-3-2-8-20-13/h4-7,9,13H,2-3,8H2,1H3,(H,16,19)(H,17,18). The summed E-state index contributed by atoms with van der Waals surface area (Å²) in [4.78, 5) is 22.5. The van der Waals surface area contributed by atoms with Crippen molar-refractivity contribution in [2.24, 2.45) is 0 Å². The van der Waals surface area contributed by atoms with Gasteiger partial charge in [-0.2, -0.15) is 0 Å². The van der Waals surface area contributed by atoms with Crippen LogP contribution in [0.4, 0.5) is 5.69 Å². The van der Waals surface area contributed by atoms with Crippen LogP contribution in [0.25, 0.3) is 6.08 Å². The number of aliphatic carboxylic acids is 1. The molecule has 1 unspecified atom stereocenters. The van der Waals surface area contributed by atoms with Gasteiger partial charge in [-0.3, -0.25) is 4.79 Å². The summed E-state index contributed by atoms with van der Waals surface area (Å²) in [5.41, 5.74) is 2.32. The molecule has 1 heterocycles. The molecule has 1 amide bonds. The molecule has 0 aromatic heterocycles. The highest BCUT2D eigenvalue weighted by Gasteiger charge is 2.23. The third kappa shape index (κ3) is 3.68. The predicted molar refractivity (Wildman–Crippen MR) is 75.5 cm³/mol. The van der Waals surface area contributed by atoms with E-state index in [1.165, 1.54) is 6.08 Å². The first-order valence-corrected chi connectivity index (χ1v) is 6.50. The summed E-state index contributed by atoms with van der Waals surface area (Å²) in [5.74, 6) is -1.15. The van der Waals surface area contributed by atoms with Gasteiger partial charge in [0.05, 0.1) is 0 Å². The summed E-state index contributed by atoms with van der Waals surface area (Å²) < 4.78 is 5.33. The number of anilines is 1. The lowest BCUT2D eigenvalue weighted by Crippen LogP contribution is -2.27. The Kier molecular flexibility index (Phi) is 4.53. The molecule has 0 radical (unpaired) electrons. The first-order chi connectivity index (χ1) is 9.56. The molecule has 1 aliphatic rings. The van der Waals surface area contributed by atoms with Crippen molar-refractivity contribution >= 4 is 23.6 Å². The van der Waals surface area contributed by atoms with E-state index in [4.69, 9.17) is 9.84 Å². The highest BCUT2D eigenvalue weighted by atomic mass is 16.5.